The Morgan fingerprint density at radius 2 is 1.89 bits per heavy atom. The molecule has 11 heteroatoms. The van der Waals surface area contributed by atoms with Crippen molar-refractivity contribution in [2.45, 2.75) is 12.8 Å². The van der Waals surface area contributed by atoms with Crippen molar-refractivity contribution in [1.29, 1.82) is 0 Å². The summed E-state index contributed by atoms with van der Waals surface area (Å²) in [5.74, 6) is -1.53. The number of amides is 1. The van der Waals surface area contributed by atoms with E-state index >= 15 is 0 Å². The van der Waals surface area contributed by atoms with Gasteiger partial charge in [0, 0.05) is 65.5 Å². The van der Waals surface area contributed by atoms with Gasteiger partial charge in [-0.15, -0.1) is 0 Å². The maximum absolute atomic E-state index is 14.2. The van der Waals surface area contributed by atoms with E-state index in [1.807, 2.05) is 0 Å². The molecule has 2 aromatic carbocycles. The van der Waals surface area contributed by atoms with Gasteiger partial charge in [-0.05, 0) is 58.4 Å². The monoisotopic (exact) mass is 552 g/mol. The number of nitrogens with one attached hydrogen (secondary N) is 2. The van der Waals surface area contributed by atoms with Crippen molar-refractivity contribution in [3.05, 3.63) is 81.8 Å². The molecule has 1 amide bonds. The number of carbonyl (C=O) groups excluding carboxylic acids is 1. The Balaban J connectivity index is 1.51. The summed E-state index contributed by atoms with van der Waals surface area (Å²) in [4.78, 5) is 18.4. The smallest absolute Gasteiger partial charge is 0.418 e. The molecule has 1 fully saturated rings. The zero-order valence-corrected chi connectivity index (χ0v) is 19.9. The summed E-state index contributed by atoms with van der Waals surface area (Å²) in [6.07, 6.45) is -1.45. The summed E-state index contributed by atoms with van der Waals surface area (Å²) in [6.45, 7) is 2.08. The maximum atomic E-state index is 14.2. The number of halogens is 5. The molecule has 0 aliphatic carbocycles. The summed E-state index contributed by atoms with van der Waals surface area (Å²) in [5, 5.41) is 5.57. The molecular formula is C24H21BrF4N4O2. The molecule has 1 aliphatic heterocycles. The van der Waals surface area contributed by atoms with Gasteiger partial charge in [0.25, 0.3) is 5.91 Å². The fourth-order valence-electron chi connectivity index (χ4n) is 3.68. The van der Waals surface area contributed by atoms with Gasteiger partial charge >= 0.3 is 6.18 Å². The van der Waals surface area contributed by atoms with Crippen LogP contribution in [0.5, 0.6) is 5.75 Å². The van der Waals surface area contributed by atoms with Gasteiger partial charge in [-0.25, -0.2) is 4.39 Å². The summed E-state index contributed by atoms with van der Waals surface area (Å²) in [6, 6.07) is 8.95. The largest absolute Gasteiger partial charge is 0.486 e. The molecule has 0 saturated carbocycles. The minimum absolute atomic E-state index is 0.0108. The van der Waals surface area contributed by atoms with E-state index < -0.39 is 23.5 Å². The minimum atomic E-state index is -4.60. The molecule has 3 aromatic rings. The normalized spacial score (nSPS) is 14.0. The molecule has 1 saturated heterocycles. The highest BCUT2D eigenvalue weighted by Gasteiger charge is 2.35. The van der Waals surface area contributed by atoms with Crippen LogP contribution in [-0.4, -0.2) is 37.1 Å². The second kappa shape index (κ2) is 10.6. The quantitative estimate of drug-likeness (QED) is 0.409. The highest BCUT2D eigenvalue weighted by molar-refractivity contribution is 9.10. The summed E-state index contributed by atoms with van der Waals surface area (Å²) >= 11 is 3.29. The van der Waals surface area contributed by atoms with Gasteiger partial charge in [-0.2, -0.15) is 13.2 Å². The van der Waals surface area contributed by atoms with Crippen LogP contribution >= 0.6 is 15.9 Å². The molecule has 6 nitrogen and oxygen atoms in total. The van der Waals surface area contributed by atoms with Crippen LogP contribution in [-0.2, 0) is 12.8 Å². The predicted octanol–water partition coefficient (Wildman–Crippen LogP) is 5.24. The summed E-state index contributed by atoms with van der Waals surface area (Å²) in [5.41, 5.74) is -0.0703. The second-order valence-corrected chi connectivity index (χ2v) is 8.78. The Labute approximate surface area is 207 Å². The molecule has 0 radical (unpaired) electrons. The van der Waals surface area contributed by atoms with E-state index in [1.165, 1.54) is 24.3 Å². The first-order valence-corrected chi connectivity index (χ1v) is 11.5. The molecule has 184 valence electrons. The molecule has 4 rings (SSSR count). The predicted molar refractivity (Wildman–Crippen MR) is 127 cm³/mol. The van der Waals surface area contributed by atoms with E-state index in [0.717, 1.165) is 16.6 Å². The number of anilines is 2. The minimum Gasteiger partial charge on any atom is -0.486 e. The first-order chi connectivity index (χ1) is 16.7. The van der Waals surface area contributed by atoms with Gasteiger partial charge in [0.2, 0.25) is 0 Å². The number of benzene rings is 2. The Hall–Kier alpha value is -3.18. The van der Waals surface area contributed by atoms with Crippen LogP contribution in [0, 0.1) is 5.82 Å². The number of ether oxygens (including phenoxy) is 1. The van der Waals surface area contributed by atoms with Crippen LogP contribution in [0.15, 0.2) is 59.3 Å². The molecule has 2 heterocycles. The van der Waals surface area contributed by atoms with Crippen molar-refractivity contribution in [2.75, 3.05) is 36.4 Å². The molecular weight excluding hydrogens is 532 g/mol. The van der Waals surface area contributed by atoms with Crippen LogP contribution in [0.25, 0.3) is 0 Å². The van der Waals surface area contributed by atoms with Crippen LogP contribution in [0.3, 0.4) is 0 Å². The lowest BCUT2D eigenvalue weighted by atomic mass is 10.1. The molecule has 35 heavy (non-hydrogen) atoms. The van der Waals surface area contributed by atoms with Gasteiger partial charge in [0.1, 0.15) is 6.61 Å². The van der Waals surface area contributed by atoms with Gasteiger partial charge in [0.05, 0.1) is 5.56 Å². The van der Waals surface area contributed by atoms with Gasteiger partial charge in [0.15, 0.2) is 11.6 Å². The van der Waals surface area contributed by atoms with Crippen LogP contribution in [0.4, 0.5) is 28.9 Å². The number of nitrogens with zero attached hydrogens (tertiary/aromatic N) is 2. The number of alkyl halides is 3. The maximum Gasteiger partial charge on any atom is 0.418 e. The molecule has 0 bridgehead atoms. The second-order valence-electron chi connectivity index (χ2n) is 7.87. The van der Waals surface area contributed by atoms with Crippen LogP contribution < -0.4 is 20.3 Å². The zero-order valence-electron chi connectivity index (χ0n) is 18.3. The molecule has 1 aromatic heterocycles. The highest BCUT2D eigenvalue weighted by Crippen LogP contribution is 2.38. The van der Waals surface area contributed by atoms with Crippen molar-refractivity contribution in [3.8, 4) is 5.75 Å². The number of carbonyl (C=O) groups is 1. The third-order valence-electron chi connectivity index (χ3n) is 5.37. The summed E-state index contributed by atoms with van der Waals surface area (Å²) < 4.78 is 61.8. The topological polar surface area (TPSA) is 66.5 Å². The summed E-state index contributed by atoms with van der Waals surface area (Å²) in [7, 11) is 0. The number of hydrogen-bond acceptors (Lipinski definition) is 5. The first kappa shape index (κ1) is 24.9. The SMILES string of the molecule is O=C(Nc1ccc(N2CCNCC2)c(C(F)(F)F)c1)c1ccc(F)c(OCc2cncc(Br)c2)c1. The van der Waals surface area contributed by atoms with Crippen molar-refractivity contribution < 1.29 is 27.1 Å². The third-order valence-corrected chi connectivity index (χ3v) is 5.80. The van der Waals surface area contributed by atoms with E-state index in [0.29, 0.717) is 31.7 Å². The first-order valence-electron chi connectivity index (χ1n) is 10.7. The number of rotatable bonds is 6. The highest BCUT2D eigenvalue weighted by atomic mass is 79.9. The third kappa shape index (κ3) is 6.29. The number of piperazine rings is 1. The van der Waals surface area contributed by atoms with Crippen molar-refractivity contribution in [2.24, 2.45) is 0 Å². The lowest BCUT2D eigenvalue weighted by Gasteiger charge is -2.31. The fraction of sp³-hybridized carbons (Fsp3) is 0.250. The van der Waals surface area contributed by atoms with Crippen molar-refractivity contribution >= 4 is 33.2 Å². The Bertz CT molecular complexity index is 1220. The van der Waals surface area contributed by atoms with Crippen molar-refractivity contribution in [1.82, 2.24) is 10.3 Å². The molecule has 0 atom stereocenters. The Morgan fingerprint density at radius 3 is 2.60 bits per heavy atom. The standard InChI is InChI=1S/C24H21BrF4N4O2/c25-17-9-15(12-31-13-17)14-35-22-10-16(1-3-20(22)26)23(34)32-18-2-4-21(19(11-18)24(27,28)29)33-7-5-30-6-8-33/h1-4,9-13,30H,5-8,14H2,(H,32,34). The number of hydrogen-bond donors (Lipinski definition) is 2. The lowest BCUT2D eigenvalue weighted by Crippen LogP contribution is -2.44. The number of pyridine rings is 1. The Kier molecular flexibility index (Phi) is 7.56. The van der Waals surface area contributed by atoms with E-state index in [4.69, 9.17) is 4.74 Å². The van der Waals surface area contributed by atoms with Crippen LogP contribution in [0.1, 0.15) is 21.5 Å². The van der Waals surface area contributed by atoms with Gasteiger partial charge < -0.3 is 20.3 Å². The Morgan fingerprint density at radius 1 is 1.11 bits per heavy atom. The van der Waals surface area contributed by atoms with Gasteiger partial charge in [-0.1, -0.05) is 0 Å². The lowest BCUT2D eigenvalue weighted by molar-refractivity contribution is -0.137. The number of aromatic nitrogens is 1. The van der Waals surface area contributed by atoms with Gasteiger partial charge in [-0.3, -0.25) is 9.78 Å². The average molecular weight is 553 g/mol. The van der Waals surface area contributed by atoms with Crippen LogP contribution in [0.2, 0.25) is 0 Å². The molecule has 1 aliphatic rings. The zero-order chi connectivity index (χ0) is 25.0. The fourth-order valence-corrected chi connectivity index (χ4v) is 4.09. The molecule has 0 unspecified atom stereocenters. The van der Waals surface area contributed by atoms with Crippen molar-refractivity contribution in [3.63, 3.8) is 0 Å². The molecule has 2 N–H and O–H groups in total. The van der Waals surface area contributed by atoms with E-state index in [2.05, 4.69) is 31.5 Å². The molecule has 0 spiro atoms. The van der Waals surface area contributed by atoms with E-state index in [-0.39, 0.29) is 29.3 Å². The average Bonchev–Trinajstić information content (AvgIpc) is 2.83. The van der Waals surface area contributed by atoms with E-state index in [1.54, 1.807) is 23.4 Å². The van der Waals surface area contributed by atoms with E-state index in [9.17, 15) is 22.4 Å².